The largest absolute Gasteiger partial charge is 0.707 e. The van der Waals surface area contributed by atoms with Crippen molar-refractivity contribution in [2.75, 3.05) is 0 Å². The first-order valence-electron chi connectivity index (χ1n) is 4.72. The molecule has 0 unspecified atom stereocenters. The van der Waals surface area contributed by atoms with Gasteiger partial charge in [0.25, 0.3) is 0 Å². The molecule has 4 nitrogen and oxygen atoms in total. The maximum absolute atomic E-state index is 8.34. The summed E-state index contributed by atoms with van der Waals surface area (Å²) in [5.41, 5.74) is 0. The Hall–Kier alpha value is -1.85. The first-order chi connectivity index (χ1) is 7.79. The molecule has 1 heterocycles. The molecule has 0 spiro atoms. The van der Waals surface area contributed by atoms with Crippen LogP contribution in [0.2, 0.25) is 0 Å². The Labute approximate surface area is 94.3 Å². The van der Waals surface area contributed by atoms with Crippen LogP contribution in [0.4, 0.5) is 0 Å². The average molecular weight is 217 g/mol. The number of hydrogen-bond donors (Lipinski definition) is 2. The van der Waals surface area contributed by atoms with Crippen LogP contribution in [0.5, 0.6) is 5.75 Å². The van der Waals surface area contributed by atoms with Gasteiger partial charge in [-0.1, -0.05) is 24.3 Å². The number of hydrogen-bond acceptors (Lipinski definition) is 4. The zero-order valence-electron chi connectivity index (χ0n) is 8.60. The molecule has 0 aliphatic carbocycles. The molecular formula is C11H12BNO3. The molecule has 0 fully saturated rings. The van der Waals surface area contributed by atoms with Crippen molar-refractivity contribution in [3.05, 3.63) is 60.9 Å². The summed E-state index contributed by atoms with van der Waals surface area (Å²) in [5, 5.41) is 16.7. The van der Waals surface area contributed by atoms with Crippen molar-refractivity contribution in [2.24, 2.45) is 0 Å². The average Bonchev–Trinajstić information content (AvgIpc) is 2.32. The Bertz CT molecular complexity index is 343. The number of nitrogens with zero attached hydrogens (tertiary/aromatic N) is 1. The van der Waals surface area contributed by atoms with E-state index in [0.717, 1.165) is 0 Å². The number of aromatic nitrogens is 1. The highest BCUT2D eigenvalue weighted by atomic mass is 16.6. The van der Waals surface area contributed by atoms with E-state index in [0.29, 0.717) is 5.75 Å². The molecule has 0 radical (unpaired) electrons. The molecule has 1 aromatic heterocycles. The summed E-state index contributed by atoms with van der Waals surface area (Å²) in [6.07, 6.45) is 3.50. The van der Waals surface area contributed by atoms with Gasteiger partial charge in [0.2, 0.25) is 0 Å². The lowest BCUT2D eigenvalue weighted by atomic mass is 10.2. The van der Waals surface area contributed by atoms with E-state index in [9.17, 15) is 0 Å². The molecule has 0 aliphatic heterocycles. The van der Waals surface area contributed by atoms with E-state index in [4.69, 9.17) is 10.0 Å². The standard InChI is InChI=1S/C6H7BO3.C5H5N/c8-7(9)10-6-4-2-1-3-5-6;1-2-4-6-5-3-1/h1-5,8-9H;1-5H. The predicted octanol–water partition coefficient (Wildman–Crippen LogP) is 1.12. The fraction of sp³-hybridized carbons (Fsp3) is 0. The first kappa shape index (κ1) is 12.2. The Morgan fingerprint density at radius 2 is 1.44 bits per heavy atom. The van der Waals surface area contributed by atoms with Crippen LogP contribution in [0.15, 0.2) is 60.9 Å². The summed E-state index contributed by atoms with van der Waals surface area (Å²) in [7, 11) is -1.73. The van der Waals surface area contributed by atoms with E-state index in [1.165, 1.54) is 0 Å². The van der Waals surface area contributed by atoms with E-state index in [1.54, 1.807) is 36.7 Å². The van der Waals surface area contributed by atoms with Crippen LogP contribution >= 0.6 is 0 Å². The van der Waals surface area contributed by atoms with E-state index < -0.39 is 7.32 Å². The van der Waals surface area contributed by atoms with Crippen molar-refractivity contribution in [1.82, 2.24) is 4.98 Å². The molecule has 2 rings (SSSR count). The Balaban J connectivity index is 0.000000181. The fourth-order valence-electron chi connectivity index (χ4n) is 0.933. The van der Waals surface area contributed by atoms with Crippen LogP contribution in [0.25, 0.3) is 0 Å². The van der Waals surface area contributed by atoms with Gasteiger partial charge in [0.1, 0.15) is 5.75 Å². The molecule has 82 valence electrons. The first-order valence-corrected chi connectivity index (χ1v) is 4.72. The second kappa shape index (κ2) is 7.45. The molecule has 16 heavy (non-hydrogen) atoms. The third-order valence-corrected chi connectivity index (χ3v) is 1.55. The minimum atomic E-state index is -1.73. The normalized spacial score (nSPS) is 8.62. The van der Waals surface area contributed by atoms with Crippen LogP contribution in [-0.4, -0.2) is 22.4 Å². The Morgan fingerprint density at radius 3 is 1.81 bits per heavy atom. The molecule has 2 aromatic rings. The summed E-state index contributed by atoms with van der Waals surface area (Å²) in [6.45, 7) is 0. The van der Waals surface area contributed by atoms with Crippen LogP contribution in [0.3, 0.4) is 0 Å². The minimum absolute atomic E-state index is 0.442. The highest BCUT2D eigenvalue weighted by Crippen LogP contribution is 2.07. The molecule has 0 amide bonds. The molecule has 0 aliphatic rings. The van der Waals surface area contributed by atoms with Crippen LogP contribution in [0.1, 0.15) is 0 Å². The zero-order chi connectivity index (χ0) is 11.6. The zero-order valence-corrected chi connectivity index (χ0v) is 8.60. The quantitative estimate of drug-likeness (QED) is 0.739. The summed E-state index contributed by atoms with van der Waals surface area (Å²) in [5.74, 6) is 0.442. The van der Waals surface area contributed by atoms with Gasteiger partial charge in [-0.3, -0.25) is 4.98 Å². The minimum Gasteiger partial charge on any atom is -0.512 e. The number of benzene rings is 1. The second-order valence-corrected chi connectivity index (χ2v) is 2.78. The monoisotopic (exact) mass is 217 g/mol. The van der Waals surface area contributed by atoms with Crippen molar-refractivity contribution in [3.63, 3.8) is 0 Å². The second-order valence-electron chi connectivity index (χ2n) is 2.78. The maximum atomic E-state index is 8.34. The van der Waals surface area contributed by atoms with Gasteiger partial charge in [-0.15, -0.1) is 0 Å². The van der Waals surface area contributed by atoms with Crippen molar-refractivity contribution in [1.29, 1.82) is 0 Å². The molecule has 5 heteroatoms. The third-order valence-electron chi connectivity index (χ3n) is 1.55. The maximum Gasteiger partial charge on any atom is 0.707 e. The third kappa shape index (κ3) is 5.80. The van der Waals surface area contributed by atoms with Crippen molar-refractivity contribution >= 4 is 7.32 Å². The lowest BCUT2D eigenvalue weighted by molar-refractivity contribution is 0.288. The van der Waals surface area contributed by atoms with Crippen LogP contribution < -0.4 is 4.65 Å². The molecule has 0 atom stereocenters. The molecule has 1 aromatic carbocycles. The van der Waals surface area contributed by atoms with Gasteiger partial charge in [-0.05, 0) is 24.3 Å². The predicted molar refractivity (Wildman–Crippen MR) is 61.5 cm³/mol. The summed E-state index contributed by atoms with van der Waals surface area (Å²) in [6, 6.07) is 14.3. The van der Waals surface area contributed by atoms with Gasteiger partial charge in [0.15, 0.2) is 0 Å². The van der Waals surface area contributed by atoms with E-state index in [-0.39, 0.29) is 0 Å². The van der Waals surface area contributed by atoms with Gasteiger partial charge < -0.3 is 14.7 Å². The van der Waals surface area contributed by atoms with Crippen molar-refractivity contribution < 1.29 is 14.7 Å². The van der Waals surface area contributed by atoms with Crippen molar-refractivity contribution in [2.45, 2.75) is 0 Å². The molecule has 2 N–H and O–H groups in total. The van der Waals surface area contributed by atoms with E-state index >= 15 is 0 Å². The highest BCUT2D eigenvalue weighted by Gasteiger charge is 2.09. The Kier molecular flexibility index (Phi) is 5.69. The molecular weight excluding hydrogens is 205 g/mol. The Morgan fingerprint density at radius 1 is 0.875 bits per heavy atom. The molecule has 0 bridgehead atoms. The smallest absolute Gasteiger partial charge is 0.512 e. The lowest BCUT2D eigenvalue weighted by Gasteiger charge is -2.01. The van der Waals surface area contributed by atoms with Gasteiger partial charge in [-0.25, -0.2) is 0 Å². The summed E-state index contributed by atoms with van der Waals surface area (Å²) < 4.78 is 4.53. The van der Waals surface area contributed by atoms with Crippen LogP contribution in [-0.2, 0) is 0 Å². The van der Waals surface area contributed by atoms with Gasteiger partial charge in [0.05, 0.1) is 0 Å². The lowest BCUT2D eigenvalue weighted by Crippen LogP contribution is -2.20. The van der Waals surface area contributed by atoms with Crippen LogP contribution in [0, 0.1) is 0 Å². The topological polar surface area (TPSA) is 62.6 Å². The van der Waals surface area contributed by atoms with E-state index in [1.807, 2.05) is 24.3 Å². The van der Waals surface area contributed by atoms with Crippen molar-refractivity contribution in [3.8, 4) is 5.75 Å². The highest BCUT2D eigenvalue weighted by molar-refractivity contribution is 6.33. The van der Waals surface area contributed by atoms with Gasteiger partial charge in [0, 0.05) is 12.4 Å². The summed E-state index contributed by atoms with van der Waals surface area (Å²) >= 11 is 0. The number of pyridine rings is 1. The molecule has 0 saturated heterocycles. The van der Waals surface area contributed by atoms with Gasteiger partial charge in [-0.2, -0.15) is 0 Å². The van der Waals surface area contributed by atoms with E-state index in [2.05, 4.69) is 9.64 Å². The van der Waals surface area contributed by atoms with Gasteiger partial charge >= 0.3 is 7.32 Å². The SMILES string of the molecule is OB(O)Oc1ccccc1.c1ccncc1. The number of para-hydroxylation sites is 1. The summed E-state index contributed by atoms with van der Waals surface area (Å²) in [4.78, 5) is 3.78. The number of rotatable bonds is 2. The molecule has 0 saturated carbocycles. The fourth-order valence-corrected chi connectivity index (χ4v) is 0.933.